The Morgan fingerprint density at radius 2 is 1.96 bits per heavy atom. The topological polar surface area (TPSA) is 85.4 Å². The Bertz CT molecular complexity index is 1090. The summed E-state index contributed by atoms with van der Waals surface area (Å²) in [5, 5.41) is 0.454. The molecule has 1 aliphatic carbocycles. The highest BCUT2D eigenvalue weighted by molar-refractivity contribution is 7.90. The molecule has 8 heteroatoms. The zero-order valence-electron chi connectivity index (χ0n) is 15.5. The Kier molecular flexibility index (Phi) is 4.31. The number of aryl methyl sites for hydroxylation is 1. The molecule has 1 unspecified atom stereocenters. The molecule has 0 radical (unpaired) electrons. The predicted molar refractivity (Wildman–Crippen MR) is 104 cm³/mol. The lowest BCUT2D eigenvalue weighted by Crippen LogP contribution is -2.28. The maximum Gasteiger partial charge on any atom is 0.270 e. The molecule has 1 saturated heterocycles. The van der Waals surface area contributed by atoms with Crippen molar-refractivity contribution in [3.8, 4) is 0 Å². The molecule has 27 heavy (non-hydrogen) atoms. The molecule has 1 atom stereocenters. The fourth-order valence-corrected chi connectivity index (χ4v) is 4.95. The summed E-state index contributed by atoms with van der Waals surface area (Å²) in [7, 11) is -3.70. The van der Waals surface area contributed by atoms with Crippen LogP contribution in [0.4, 0.5) is 10.1 Å². The second-order valence-electron chi connectivity index (χ2n) is 7.79. The number of hydrogen-bond acceptors (Lipinski definition) is 5. The van der Waals surface area contributed by atoms with Gasteiger partial charge in [-0.2, -0.15) is 0 Å². The first-order valence-corrected chi connectivity index (χ1v) is 11.1. The second kappa shape index (κ2) is 6.31. The first-order chi connectivity index (χ1) is 12.7. The van der Waals surface area contributed by atoms with E-state index in [-0.39, 0.29) is 10.9 Å². The van der Waals surface area contributed by atoms with Gasteiger partial charge in [-0.25, -0.2) is 12.8 Å². The van der Waals surface area contributed by atoms with E-state index in [4.69, 9.17) is 5.73 Å². The van der Waals surface area contributed by atoms with Crippen LogP contribution in [0.5, 0.6) is 0 Å². The molecule has 2 heterocycles. The average Bonchev–Trinajstić information content (AvgIpc) is 3.31. The van der Waals surface area contributed by atoms with Crippen molar-refractivity contribution in [3.05, 3.63) is 33.9 Å². The molecule has 1 saturated carbocycles. The van der Waals surface area contributed by atoms with E-state index < -0.39 is 21.2 Å². The first kappa shape index (κ1) is 18.4. The van der Waals surface area contributed by atoms with Gasteiger partial charge in [-0.3, -0.25) is 4.79 Å². The van der Waals surface area contributed by atoms with E-state index in [1.807, 2.05) is 11.8 Å². The molecule has 0 amide bonds. The van der Waals surface area contributed by atoms with Gasteiger partial charge in [-0.15, -0.1) is 0 Å². The fourth-order valence-electron chi connectivity index (χ4n) is 4.20. The molecule has 4 rings (SSSR count). The van der Waals surface area contributed by atoms with Gasteiger partial charge in [-0.05, 0) is 56.3 Å². The Morgan fingerprint density at radius 3 is 2.52 bits per heavy atom. The van der Waals surface area contributed by atoms with Crippen LogP contribution in [0.1, 0.15) is 30.9 Å². The van der Waals surface area contributed by atoms with Crippen molar-refractivity contribution in [1.29, 1.82) is 0 Å². The van der Waals surface area contributed by atoms with Crippen molar-refractivity contribution in [2.45, 2.75) is 37.1 Å². The lowest BCUT2D eigenvalue weighted by molar-refractivity contribution is 0.595. The van der Waals surface area contributed by atoms with Gasteiger partial charge in [-0.1, -0.05) is 0 Å². The van der Waals surface area contributed by atoms with Gasteiger partial charge in [0.05, 0.1) is 11.2 Å². The minimum absolute atomic E-state index is 0.0194. The average molecular weight is 393 g/mol. The number of nitrogens with two attached hydrogens (primary N) is 1. The Labute approximate surface area is 157 Å². The predicted octanol–water partition coefficient (Wildman–Crippen LogP) is 1.97. The highest BCUT2D eigenvalue weighted by Crippen LogP contribution is 2.40. The van der Waals surface area contributed by atoms with Gasteiger partial charge in [0.1, 0.15) is 10.7 Å². The van der Waals surface area contributed by atoms with Crippen LogP contribution in [0.2, 0.25) is 0 Å². The van der Waals surface area contributed by atoms with Crippen molar-refractivity contribution in [2.24, 2.45) is 11.7 Å². The smallest absolute Gasteiger partial charge is 0.270 e. The maximum atomic E-state index is 15.0. The summed E-state index contributed by atoms with van der Waals surface area (Å²) >= 11 is 0. The molecule has 2 aliphatic rings. The molecular formula is C19H24FN3O3S. The number of nitrogens with zero attached hydrogens (tertiary/aromatic N) is 2. The number of pyridine rings is 1. The Balaban J connectivity index is 2.00. The number of aromatic nitrogens is 1. The third-order valence-corrected chi connectivity index (χ3v) is 6.79. The molecule has 2 fully saturated rings. The summed E-state index contributed by atoms with van der Waals surface area (Å²) in [6.07, 6.45) is 3.58. The lowest BCUT2D eigenvalue weighted by atomic mass is 10.1. The van der Waals surface area contributed by atoms with Crippen LogP contribution < -0.4 is 16.2 Å². The van der Waals surface area contributed by atoms with Crippen LogP contribution in [0, 0.1) is 18.7 Å². The minimum Gasteiger partial charge on any atom is -0.369 e. The van der Waals surface area contributed by atoms with Gasteiger partial charge in [0.15, 0.2) is 9.84 Å². The van der Waals surface area contributed by atoms with E-state index in [9.17, 15) is 13.2 Å². The molecular weight excluding hydrogens is 369 g/mol. The van der Waals surface area contributed by atoms with E-state index in [1.54, 1.807) is 4.57 Å². The molecule has 2 N–H and O–H groups in total. The summed E-state index contributed by atoms with van der Waals surface area (Å²) in [6, 6.07) is 2.66. The number of sulfone groups is 1. The van der Waals surface area contributed by atoms with Crippen molar-refractivity contribution in [2.75, 3.05) is 30.8 Å². The van der Waals surface area contributed by atoms with Gasteiger partial charge >= 0.3 is 0 Å². The quantitative estimate of drug-likeness (QED) is 0.858. The Hall–Kier alpha value is -1.93. The zero-order valence-corrected chi connectivity index (χ0v) is 16.4. The summed E-state index contributed by atoms with van der Waals surface area (Å²) in [4.78, 5) is 14.7. The summed E-state index contributed by atoms with van der Waals surface area (Å²) in [6.45, 7) is 3.79. The fraction of sp³-hybridized carbons (Fsp3) is 0.526. The van der Waals surface area contributed by atoms with Gasteiger partial charge in [0.2, 0.25) is 0 Å². The van der Waals surface area contributed by atoms with Gasteiger partial charge < -0.3 is 15.2 Å². The number of anilines is 1. The van der Waals surface area contributed by atoms with Crippen LogP contribution >= 0.6 is 0 Å². The minimum atomic E-state index is -3.70. The molecule has 1 aliphatic heterocycles. The van der Waals surface area contributed by atoms with E-state index in [0.717, 1.165) is 32.1 Å². The number of rotatable bonds is 4. The first-order valence-electron chi connectivity index (χ1n) is 9.25. The normalized spacial score (nSPS) is 20.6. The highest BCUT2D eigenvalue weighted by Gasteiger charge is 2.32. The summed E-state index contributed by atoms with van der Waals surface area (Å²) in [5.74, 6) is -0.0594. The van der Waals surface area contributed by atoms with Crippen LogP contribution in [-0.4, -0.2) is 38.9 Å². The summed E-state index contributed by atoms with van der Waals surface area (Å²) < 4.78 is 40.8. The SMILES string of the molecule is Cc1c(N2CCC(CN)C2)c(F)cc2cc(S(C)(=O)=O)c(=O)n(C3CC3)c12. The van der Waals surface area contributed by atoms with Gasteiger partial charge in [0.25, 0.3) is 5.56 Å². The van der Waals surface area contributed by atoms with E-state index in [2.05, 4.69) is 0 Å². The third kappa shape index (κ3) is 3.04. The van der Waals surface area contributed by atoms with Crippen LogP contribution in [0.3, 0.4) is 0 Å². The maximum absolute atomic E-state index is 15.0. The molecule has 2 aromatic rings. The molecule has 0 spiro atoms. The highest BCUT2D eigenvalue weighted by atomic mass is 32.2. The van der Waals surface area contributed by atoms with Gasteiger partial charge in [0, 0.05) is 30.8 Å². The number of halogens is 1. The molecule has 6 nitrogen and oxygen atoms in total. The largest absolute Gasteiger partial charge is 0.369 e. The Morgan fingerprint density at radius 1 is 1.26 bits per heavy atom. The van der Waals surface area contributed by atoms with Crippen molar-refractivity contribution in [1.82, 2.24) is 4.57 Å². The second-order valence-corrected chi connectivity index (χ2v) is 9.78. The van der Waals surface area contributed by atoms with Crippen molar-refractivity contribution < 1.29 is 12.8 Å². The lowest BCUT2D eigenvalue weighted by Gasteiger charge is -2.24. The van der Waals surface area contributed by atoms with Crippen molar-refractivity contribution >= 4 is 26.4 Å². The van der Waals surface area contributed by atoms with Crippen LogP contribution in [0.25, 0.3) is 10.9 Å². The summed E-state index contributed by atoms with van der Waals surface area (Å²) in [5.41, 5.74) is 7.09. The third-order valence-electron chi connectivity index (χ3n) is 5.70. The number of fused-ring (bicyclic) bond motifs is 1. The number of hydrogen-bond donors (Lipinski definition) is 1. The molecule has 0 bridgehead atoms. The van der Waals surface area contributed by atoms with Crippen LogP contribution in [0.15, 0.2) is 21.8 Å². The van der Waals surface area contributed by atoms with E-state index in [1.165, 1.54) is 12.1 Å². The monoisotopic (exact) mass is 393 g/mol. The van der Waals surface area contributed by atoms with E-state index in [0.29, 0.717) is 41.2 Å². The molecule has 1 aromatic carbocycles. The van der Waals surface area contributed by atoms with E-state index >= 15 is 4.39 Å². The molecule has 1 aromatic heterocycles. The van der Waals surface area contributed by atoms with Crippen molar-refractivity contribution in [3.63, 3.8) is 0 Å². The zero-order chi connectivity index (χ0) is 19.5. The number of benzene rings is 1. The molecule has 146 valence electrons. The van der Waals surface area contributed by atoms with Crippen LogP contribution in [-0.2, 0) is 9.84 Å². The standard InChI is InChI=1S/C19H24FN3O3S/c1-11-17-13(7-15(20)18(11)22-6-5-12(9-21)10-22)8-16(27(2,25)26)19(24)23(17)14-3-4-14/h7-8,12,14H,3-6,9-10,21H2,1-2H3.